The quantitative estimate of drug-likeness (QED) is 0.572. The maximum Gasteiger partial charge on any atom is 0.318 e. The van der Waals surface area contributed by atoms with Crippen LogP contribution in [0.25, 0.3) is 10.2 Å². The van der Waals surface area contributed by atoms with E-state index < -0.39 is 17.2 Å². The summed E-state index contributed by atoms with van der Waals surface area (Å²) in [5.74, 6) is -0.518. The van der Waals surface area contributed by atoms with Crippen molar-refractivity contribution in [2.75, 3.05) is 0 Å². The van der Waals surface area contributed by atoms with E-state index in [9.17, 15) is 14.4 Å². The lowest BCUT2D eigenvalue weighted by molar-refractivity contribution is -0.119. The molecule has 0 radical (unpaired) electrons. The van der Waals surface area contributed by atoms with Crippen molar-refractivity contribution >= 4 is 45.3 Å². The minimum absolute atomic E-state index is 0.167. The van der Waals surface area contributed by atoms with Crippen molar-refractivity contribution in [3.63, 3.8) is 0 Å². The molecule has 2 aromatic rings. The smallest absolute Gasteiger partial charge is 0.318 e. The number of nitrogens with zero attached hydrogens (tertiary/aromatic N) is 1. The number of hydrogen-bond acceptors (Lipinski definition) is 6. The maximum atomic E-state index is 12.4. The highest BCUT2D eigenvalue weighted by Gasteiger charge is 2.22. The number of H-pyrrole nitrogens is 1. The van der Waals surface area contributed by atoms with Gasteiger partial charge in [0.1, 0.15) is 4.83 Å². The number of aromatic nitrogens is 2. The van der Waals surface area contributed by atoms with E-state index in [2.05, 4.69) is 9.97 Å². The number of rotatable bonds is 3. The summed E-state index contributed by atoms with van der Waals surface area (Å²) in [6, 6.07) is -0.898. The topological polar surface area (TPSA) is 118 Å². The molecule has 0 fully saturated rings. The van der Waals surface area contributed by atoms with E-state index in [0.717, 1.165) is 43.0 Å². The summed E-state index contributed by atoms with van der Waals surface area (Å²) >= 11 is 2.64. The van der Waals surface area contributed by atoms with Gasteiger partial charge in [-0.05, 0) is 38.2 Å². The van der Waals surface area contributed by atoms with Gasteiger partial charge < -0.3 is 10.7 Å². The number of thiophene rings is 1. The zero-order valence-electron chi connectivity index (χ0n) is 12.5. The molecule has 122 valence electrons. The van der Waals surface area contributed by atoms with Crippen LogP contribution in [-0.4, -0.2) is 27.2 Å². The van der Waals surface area contributed by atoms with Gasteiger partial charge in [0.15, 0.2) is 5.16 Å². The van der Waals surface area contributed by atoms with Gasteiger partial charge in [0.25, 0.3) is 5.56 Å². The van der Waals surface area contributed by atoms with Gasteiger partial charge in [-0.25, -0.2) is 9.78 Å². The fourth-order valence-corrected chi connectivity index (χ4v) is 4.76. The van der Waals surface area contributed by atoms with E-state index in [1.54, 1.807) is 18.3 Å². The van der Waals surface area contributed by atoms with Gasteiger partial charge in [0.05, 0.1) is 10.6 Å². The molecule has 0 unspecified atom stereocenters. The average Bonchev–Trinajstić information content (AvgIpc) is 2.84. The predicted octanol–water partition coefficient (Wildman–Crippen LogP) is 1.54. The molecule has 1 aliphatic carbocycles. The monoisotopic (exact) mass is 352 g/mol. The second-order valence-electron chi connectivity index (χ2n) is 5.38. The maximum absolute atomic E-state index is 12.4. The fraction of sp³-hybridized carbons (Fsp3) is 0.429. The van der Waals surface area contributed by atoms with E-state index in [1.807, 2.05) is 5.32 Å². The van der Waals surface area contributed by atoms with E-state index >= 15 is 0 Å². The third-order valence-corrected chi connectivity index (χ3v) is 5.88. The van der Waals surface area contributed by atoms with Gasteiger partial charge in [-0.15, -0.1) is 11.3 Å². The molecule has 0 saturated carbocycles. The van der Waals surface area contributed by atoms with Crippen molar-refractivity contribution in [2.24, 2.45) is 5.73 Å². The van der Waals surface area contributed by atoms with Crippen molar-refractivity contribution in [3.8, 4) is 0 Å². The first kappa shape index (κ1) is 16.0. The van der Waals surface area contributed by atoms with Crippen LogP contribution in [-0.2, 0) is 17.6 Å². The summed E-state index contributed by atoms with van der Waals surface area (Å²) < 4.78 is 0. The lowest BCUT2D eigenvalue weighted by Gasteiger charge is -2.10. The first-order valence-corrected chi connectivity index (χ1v) is 8.97. The Labute approximate surface area is 140 Å². The molecule has 1 aliphatic rings. The van der Waals surface area contributed by atoms with E-state index in [0.29, 0.717) is 15.4 Å². The standard InChI is InChI=1S/C14H16N4O3S2/c1-6(10(19)16-13(15)21)22-14-17-11(20)9-7-4-2-3-5-8(7)23-12(9)18-14/h6H,2-5H2,1H3,(H,17,18,20)(H3,15,16,19,21)/t6-/m0/s1. The highest BCUT2D eigenvalue weighted by molar-refractivity contribution is 8.00. The molecule has 0 bridgehead atoms. The van der Waals surface area contributed by atoms with Crippen molar-refractivity contribution in [2.45, 2.75) is 43.0 Å². The summed E-state index contributed by atoms with van der Waals surface area (Å²) in [6.07, 6.45) is 4.16. The number of urea groups is 1. The number of imide groups is 1. The Balaban J connectivity index is 1.90. The molecule has 3 amide bonds. The summed E-state index contributed by atoms with van der Waals surface area (Å²) in [5, 5.41) is 2.47. The number of fused-ring (bicyclic) bond motifs is 3. The number of primary amides is 1. The van der Waals surface area contributed by atoms with Gasteiger partial charge in [0, 0.05) is 4.88 Å². The predicted molar refractivity (Wildman–Crippen MR) is 89.9 cm³/mol. The number of thioether (sulfide) groups is 1. The molecular weight excluding hydrogens is 336 g/mol. The summed E-state index contributed by atoms with van der Waals surface area (Å²) in [4.78, 5) is 44.0. The normalized spacial score (nSPS) is 15.2. The lowest BCUT2D eigenvalue weighted by atomic mass is 9.97. The van der Waals surface area contributed by atoms with Gasteiger partial charge in [-0.2, -0.15) is 0 Å². The number of nitrogens with two attached hydrogens (primary N) is 1. The highest BCUT2D eigenvalue weighted by atomic mass is 32.2. The summed E-state index contributed by atoms with van der Waals surface area (Å²) in [7, 11) is 0. The molecular formula is C14H16N4O3S2. The molecule has 2 heterocycles. The van der Waals surface area contributed by atoms with Crippen LogP contribution in [0.3, 0.4) is 0 Å². The van der Waals surface area contributed by atoms with Gasteiger partial charge in [-0.3, -0.25) is 14.9 Å². The van der Waals surface area contributed by atoms with Crippen LogP contribution in [0, 0.1) is 0 Å². The van der Waals surface area contributed by atoms with Crippen LogP contribution < -0.4 is 16.6 Å². The Morgan fingerprint density at radius 3 is 2.87 bits per heavy atom. The Morgan fingerprint density at radius 1 is 1.39 bits per heavy atom. The van der Waals surface area contributed by atoms with Crippen molar-refractivity contribution in [1.82, 2.24) is 15.3 Å². The Morgan fingerprint density at radius 2 is 2.13 bits per heavy atom. The van der Waals surface area contributed by atoms with Crippen LogP contribution in [0.5, 0.6) is 0 Å². The molecule has 3 rings (SSSR count). The molecule has 0 aromatic carbocycles. The first-order valence-electron chi connectivity index (χ1n) is 7.27. The molecule has 9 heteroatoms. The Bertz CT molecular complexity index is 842. The van der Waals surface area contributed by atoms with Crippen LogP contribution in [0.1, 0.15) is 30.2 Å². The second kappa shape index (κ2) is 6.32. The van der Waals surface area contributed by atoms with Crippen LogP contribution in [0.15, 0.2) is 9.95 Å². The number of nitrogens with one attached hydrogen (secondary N) is 2. The molecule has 0 aliphatic heterocycles. The van der Waals surface area contributed by atoms with Gasteiger partial charge >= 0.3 is 6.03 Å². The Hall–Kier alpha value is -1.87. The number of hydrogen-bond donors (Lipinski definition) is 3. The summed E-state index contributed by atoms with van der Waals surface area (Å²) in [6.45, 7) is 1.62. The molecule has 4 N–H and O–H groups in total. The van der Waals surface area contributed by atoms with Crippen molar-refractivity contribution < 1.29 is 9.59 Å². The third kappa shape index (κ3) is 3.25. The zero-order chi connectivity index (χ0) is 16.6. The van der Waals surface area contributed by atoms with Gasteiger partial charge in [0.2, 0.25) is 5.91 Å². The first-order chi connectivity index (χ1) is 11.0. The SMILES string of the molecule is C[C@H](Sc1nc2sc3c(c2c(=O)[nH]1)CCCC3)C(=O)NC(N)=O. The number of aryl methyl sites for hydroxylation is 2. The number of carbonyl (C=O) groups excluding carboxylic acids is 2. The fourth-order valence-electron chi connectivity index (χ4n) is 2.64. The summed E-state index contributed by atoms with van der Waals surface area (Å²) in [5.41, 5.74) is 5.89. The number of aromatic amines is 1. The van der Waals surface area contributed by atoms with Crippen LogP contribution >= 0.6 is 23.1 Å². The largest absolute Gasteiger partial charge is 0.351 e. The number of amides is 3. The third-order valence-electron chi connectivity index (χ3n) is 3.71. The highest BCUT2D eigenvalue weighted by Crippen LogP contribution is 2.34. The van der Waals surface area contributed by atoms with Crippen LogP contribution in [0.4, 0.5) is 4.79 Å². The molecule has 0 saturated heterocycles. The minimum atomic E-state index is -0.898. The van der Waals surface area contributed by atoms with E-state index in [4.69, 9.17) is 5.73 Å². The zero-order valence-corrected chi connectivity index (χ0v) is 14.1. The van der Waals surface area contributed by atoms with Crippen molar-refractivity contribution in [3.05, 3.63) is 20.8 Å². The minimum Gasteiger partial charge on any atom is -0.351 e. The van der Waals surface area contributed by atoms with E-state index in [1.165, 1.54) is 4.88 Å². The van der Waals surface area contributed by atoms with Crippen molar-refractivity contribution in [1.29, 1.82) is 0 Å². The number of carbonyl (C=O) groups is 2. The molecule has 7 nitrogen and oxygen atoms in total. The lowest BCUT2D eigenvalue weighted by Crippen LogP contribution is -2.39. The van der Waals surface area contributed by atoms with Crippen LogP contribution in [0.2, 0.25) is 0 Å². The average molecular weight is 352 g/mol. The van der Waals surface area contributed by atoms with E-state index in [-0.39, 0.29) is 5.56 Å². The molecule has 1 atom stereocenters. The molecule has 23 heavy (non-hydrogen) atoms. The molecule has 0 spiro atoms. The second-order valence-corrected chi connectivity index (χ2v) is 7.79. The Kier molecular flexibility index (Phi) is 4.40. The van der Waals surface area contributed by atoms with Gasteiger partial charge in [-0.1, -0.05) is 11.8 Å². The molecule has 2 aromatic heterocycles.